The van der Waals surface area contributed by atoms with Gasteiger partial charge < -0.3 is 10.4 Å². The molecular weight excluding hydrogens is 260 g/mol. The van der Waals surface area contributed by atoms with Crippen molar-refractivity contribution < 1.29 is 9.90 Å². The number of aliphatic hydroxyl groups is 1. The maximum Gasteiger partial charge on any atom is 0.222 e. The van der Waals surface area contributed by atoms with E-state index < -0.39 is 15.9 Å². The smallest absolute Gasteiger partial charge is 0.222 e. The van der Waals surface area contributed by atoms with Gasteiger partial charge in [0.05, 0.1) is 5.38 Å². The Morgan fingerprint density at radius 2 is 2.07 bits per heavy atom. The molecule has 0 aliphatic heterocycles. The molecule has 0 fully saturated rings. The molecule has 0 saturated heterocycles. The van der Waals surface area contributed by atoms with Crippen LogP contribution in [0.15, 0.2) is 0 Å². The van der Waals surface area contributed by atoms with Crippen LogP contribution in [-0.4, -0.2) is 27.0 Å². The standard InChI is InChI=1S/C9H16Cl3NO2/c1-3-4-5-7(14)13-8(15)9(11,12)6(2)10/h6,8,15H,3-5H2,1-2H3,(H,13,14)/t6-,8+/m0/s1. The molecule has 90 valence electrons. The van der Waals surface area contributed by atoms with Gasteiger partial charge in [-0.25, -0.2) is 0 Å². The number of unbranched alkanes of at least 4 members (excludes halogenated alkanes) is 1. The molecule has 0 bridgehead atoms. The van der Waals surface area contributed by atoms with Crippen LogP contribution < -0.4 is 5.32 Å². The molecule has 0 rings (SSSR count). The number of carbonyl (C=O) groups is 1. The Hall–Kier alpha value is 0.300. The lowest BCUT2D eigenvalue weighted by molar-refractivity contribution is -0.124. The van der Waals surface area contributed by atoms with E-state index in [-0.39, 0.29) is 5.91 Å². The highest BCUT2D eigenvalue weighted by Crippen LogP contribution is 2.31. The molecule has 1 amide bonds. The molecule has 0 heterocycles. The predicted molar refractivity (Wildman–Crippen MR) is 63.4 cm³/mol. The lowest BCUT2D eigenvalue weighted by Crippen LogP contribution is -2.50. The molecule has 0 spiro atoms. The summed E-state index contributed by atoms with van der Waals surface area (Å²) in [6, 6.07) is 0. The Kier molecular flexibility index (Phi) is 6.93. The summed E-state index contributed by atoms with van der Waals surface area (Å²) in [6.45, 7) is 3.51. The Morgan fingerprint density at radius 1 is 1.53 bits per heavy atom. The zero-order chi connectivity index (χ0) is 12.1. The summed E-state index contributed by atoms with van der Waals surface area (Å²) in [4.78, 5) is 11.3. The van der Waals surface area contributed by atoms with Crippen LogP contribution in [0.4, 0.5) is 0 Å². The van der Waals surface area contributed by atoms with Crippen LogP contribution in [0.2, 0.25) is 0 Å². The van der Waals surface area contributed by atoms with Crippen molar-refractivity contribution in [3.63, 3.8) is 0 Å². The topological polar surface area (TPSA) is 49.3 Å². The van der Waals surface area contributed by atoms with Gasteiger partial charge in [0.25, 0.3) is 0 Å². The zero-order valence-corrected chi connectivity index (χ0v) is 11.0. The lowest BCUT2D eigenvalue weighted by atomic mass is 10.2. The van der Waals surface area contributed by atoms with Crippen molar-refractivity contribution in [2.45, 2.75) is 49.0 Å². The maximum atomic E-state index is 11.3. The normalized spacial score (nSPS) is 15.9. The number of carbonyl (C=O) groups excluding carboxylic acids is 1. The molecule has 0 radical (unpaired) electrons. The number of aliphatic hydroxyl groups excluding tert-OH is 1. The summed E-state index contributed by atoms with van der Waals surface area (Å²) < 4.78 is -1.58. The first kappa shape index (κ1) is 15.3. The molecule has 6 heteroatoms. The number of rotatable bonds is 6. The molecular formula is C9H16Cl3NO2. The largest absolute Gasteiger partial charge is 0.370 e. The molecule has 0 saturated carbocycles. The fourth-order valence-corrected chi connectivity index (χ4v) is 1.10. The minimum atomic E-state index is -1.58. The van der Waals surface area contributed by atoms with E-state index in [1.165, 1.54) is 0 Å². The molecule has 2 atom stereocenters. The summed E-state index contributed by atoms with van der Waals surface area (Å²) in [5.41, 5.74) is 0. The zero-order valence-electron chi connectivity index (χ0n) is 8.77. The summed E-state index contributed by atoms with van der Waals surface area (Å²) >= 11 is 17.2. The van der Waals surface area contributed by atoms with E-state index in [4.69, 9.17) is 34.8 Å². The average Bonchev–Trinajstić information content (AvgIpc) is 2.14. The quantitative estimate of drug-likeness (QED) is 0.578. The first-order valence-electron chi connectivity index (χ1n) is 4.81. The predicted octanol–water partition coefficient (Wildman–Crippen LogP) is 2.41. The Morgan fingerprint density at radius 3 is 2.47 bits per heavy atom. The van der Waals surface area contributed by atoms with Crippen molar-refractivity contribution in [3.05, 3.63) is 0 Å². The third kappa shape index (κ3) is 5.25. The van der Waals surface area contributed by atoms with Crippen molar-refractivity contribution in [2.75, 3.05) is 0 Å². The van der Waals surface area contributed by atoms with Gasteiger partial charge in [0.1, 0.15) is 0 Å². The molecule has 0 aliphatic rings. The number of nitrogens with one attached hydrogen (secondary N) is 1. The van der Waals surface area contributed by atoms with Crippen LogP contribution in [0.1, 0.15) is 33.1 Å². The first-order valence-corrected chi connectivity index (χ1v) is 6.00. The van der Waals surface area contributed by atoms with E-state index in [9.17, 15) is 9.90 Å². The average molecular weight is 277 g/mol. The summed E-state index contributed by atoms with van der Waals surface area (Å²) in [5.74, 6) is -0.285. The Balaban J connectivity index is 4.12. The maximum absolute atomic E-state index is 11.3. The molecule has 0 aliphatic carbocycles. The van der Waals surface area contributed by atoms with Crippen molar-refractivity contribution in [1.29, 1.82) is 0 Å². The van der Waals surface area contributed by atoms with Crippen LogP contribution >= 0.6 is 34.8 Å². The molecule has 3 nitrogen and oxygen atoms in total. The SMILES string of the molecule is CCCCC(=O)N[C@H](O)C(Cl)(Cl)[C@H](C)Cl. The van der Waals surface area contributed by atoms with E-state index in [0.717, 1.165) is 12.8 Å². The number of amides is 1. The van der Waals surface area contributed by atoms with Gasteiger partial charge >= 0.3 is 0 Å². The second kappa shape index (κ2) is 6.79. The van der Waals surface area contributed by atoms with Crippen LogP contribution in [0.25, 0.3) is 0 Å². The van der Waals surface area contributed by atoms with Gasteiger partial charge in [0, 0.05) is 6.42 Å². The van der Waals surface area contributed by atoms with Crippen molar-refractivity contribution in [2.24, 2.45) is 0 Å². The van der Waals surface area contributed by atoms with Crippen LogP contribution in [0, 0.1) is 0 Å². The number of hydrogen-bond acceptors (Lipinski definition) is 2. The third-order valence-electron chi connectivity index (χ3n) is 1.95. The van der Waals surface area contributed by atoms with Gasteiger partial charge in [-0.2, -0.15) is 0 Å². The summed E-state index contributed by atoms with van der Waals surface area (Å²) in [5, 5.41) is 11.2. The van der Waals surface area contributed by atoms with Crippen molar-refractivity contribution in [3.8, 4) is 0 Å². The van der Waals surface area contributed by atoms with E-state index in [0.29, 0.717) is 6.42 Å². The fourth-order valence-electron chi connectivity index (χ4n) is 0.876. The number of hydrogen-bond donors (Lipinski definition) is 2. The van der Waals surface area contributed by atoms with E-state index in [2.05, 4.69) is 5.32 Å². The Bertz CT molecular complexity index is 210. The monoisotopic (exact) mass is 275 g/mol. The minimum Gasteiger partial charge on any atom is -0.370 e. The highest BCUT2D eigenvalue weighted by Gasteiger charge is 2.39. The second-order valence-corrected chi connectivity index (χ2v) is 5.46. The fraction of sp³-hybridized carbons (Fsp3) is 0.889. The minimum absolute atomic E-state index is 0.285. The van der Waals surface area contributed by atoms with Crippen LogP contribution in [0.5, 0.6) is 0 Å². The highest BCUT2D eigenvalue weighted by molar-refractivity contribution is 6.52. The van der Waals surface area contributed by atoms with E-state index >= 15 is 0 Å². The lowest BCUT2D eigenvalue weighted by Gasteiger charge is -2.28. The molecule has 15 heavy (non-hydrogen) atoms. The van der Waals surface area contributed by atoms with Gasteiger partial charge in [-0.15, -0.1) is 11.6 Å². The number of alkyl halides is 3. The van der Waals surface area contributed by atoms with E-state index in [1.54, 1.807) is 6.92 Å². The van der Waals surface area contributed by atoms with Gasteiger partial charge in [-0.05, 0) is 13.3 Å². The third-order valence-corrected chi connectivity index (χ3v) is 3.59. The molecule has 0 aromatic carbocycles. The Labute approximate surface area is 105 Å². The molecule has 2 N–H and O–H groups in total. The van der Waals surface area contributed by atoms with Gasteiger partial charge in [-0.1, -0.05) is 36.5 Å². The van der Waals surface area contributed by atoms with E-state index in [1.807, 2.05) is 6.92 Å². The molecule has 0 aromatic heterocycles. The van der Waals surface area contributed by atoms with Crippen LogP contribution in [-0.2, 0) is 4.79 Å². The number of halogens is 3. The van der Waals surface area contributed by atoms with Gasteiger partial charge in [0.15, 0.2) is 10.6 Å². The second-order valence-electron chi connectivity index (χ2n) is 3.36. The van der Waals surface area contributed by atoms with Crippen LogP contribution in [0.3, 0.4) is 0 Å². The molecule has 0 aromatic rings. The summed E-state index contributed by atoms with van der Waals surface area (Å²) in [6.07, 6.45) is 0.640. The molecule has 0 unspecified atom stereocenters. The first-order chi connectivity index (χ1) is 6.82. The summed E-state index contributed by atoms with van der Waals surface area (Å²) in [7, 11) is 0. The highest BCUT2D eigenvalue weighted by atomic mass is 35.5. The van der Waals surface area contributed by atoms with Gasteiger partial charge in [0.2, 0.25) is 5.91 Å². The van der Waals surface area contributed by atoms with Crippen molar-refractivity contribution in [1.82, 2.24) is 5.32 Å². The van der Waals surface area contributed by atoms with Crippen molar-refractivity contribution >= 4 is 40.7 Å². The van der Waals surface area contributed by atoms with Gasteiger partial charge in [-0.3, -0.25) is 4.79 Å².